The van der Waals surface area contributed by atoms with Crippen LogP contribution in [0.5, 0.6) is 0 Å². The zero-order valence-electron chi connectivity index (χ0n) is 10.3. The van der Waals surface area contributed by atoms with Crippen LogP contribution in [0.25, 0.3) is 0 Å². The highest BCUT2D eigenvalue weighted by Crippen LogP contribution is 2.25. The Labute approximate surface area is 113 Å². The third-order valence-corrected chi connectivity index (χ3v) is 3.08. The van der Waals surface area contributed by atoms with E-state index >= 15 is 0 Å². The van der Waals surface area contributed by atoms with Gasteiger partial charge in [-0.3, -0.25) is 0 Å². The molecular formula is C13H19Cl2NO. The maximum atomic E-state index is 6.07. The molecule has 96 valence electrons. The molecule has 1 N–H and O–H groups in total. The van der Waals surface area contributed by atoms with Gasteiger partial charge in [0.2, 0.25) is 0 Å². The van der Waals surface area contributed by atoms with Gasteiger partial charge in [-0.15, -0.1) is 0 Å². The fourth-order valence-electron chi connectivity index (χ4n) is 1.37. The number of hydrogen-bond acceptors (Lipinski definition) is 2. The number of hydrogen-bond donors (Lipinski definition) is 1. The summed E-state index contributed by atoms with van der Waals surface area (Å²) in [4.78, 5) is 0. The van der Waals surface area contributed by atoms with E-state index in [1.807, 2.05) is 12.1 Å². The summed E-state index contributed by atoms with van der Waals surface area (Å²) < 4.78 is 5.47. The predicted octanol–water partition coefficient (Wildman–Crippen LogP) is 3.76. The van der Waals surface area contributed by atoms with Crippen LogP contribution in [0, 0.1) is 5.92 Å². The average molecular weight is 276 g/mol. The third-order valence-electron chi connectivity index (χ3n) is 2.22. The molecule has 0 aromatic heterocycles. The second-order valence-corrected chi connectivity index (χ2v) is 5.14. The van der Waals surface area contributed by atoms with Crippen molar-refractivity contribution in [3.63, 3.8) is 0 Å². The molecule has 0 radical (unpaired) electrons. The van der Waals surface area contributed by atoms with Crippen molar-refractivity contribution in [2.45, 2.75) is 20.4 Å². The summed E-state index contributed by atoms with van der Waals surface area (Å²) >= 11 is 12.0. The Morgan fingerprint density at radius 1 is 1.29 bits per heavy atom. The summed E-state index contributed by atoms with van der Waals surface area (Å²) in [6.07, 6.45) is 0. The quantitative estimate of drug-likeness (QED) is 0.766. The van der Waals surface area contributed by atoms with Crippen LogP contribution in [0.1, 0.15) is 19.4 Å². The molecule has 0 fully saturated rings. The van der Waals surface area contributed by atoms with Crippen molar-refractivity contribution < 1.29 is 4.74 Å². The van der Waals surface area contributed by atoms with Crippen LogP contribution in [0.15, 0.2) is 18.2 Å². The minimum atomic E-state index is 0.581. The number of nitrogens with one attached hydrogen (secondary N) is 1. The van der Waals surface area contributed by atoms with E-state index in [9.17, 15) is 0 Å². The summed E-state index contributed by atoms with van der Waals surface area (Å²) in [7, 11) is 0. The zero-order chi connectivity index (χ0) is 12.7. The van der Waals surface area contributed by atoms with Crippen molar-refractivity contribution in [1.82, 2.24) is 5.32 Å². The largest absolute Gasteiger partial charge is 0.380 e. The van der Waals surface area contributed by atoms with Crippen molar-refractivity contribution in [2.75, 3.05) is 19.8 Å². The van der Waals surface area contributed by atoms with Gasteiger partial charge in [-0.1, -0.05) is 49.2 Å². The molecule has 0 saturated heterocycles. The Bertz CT molecular complexity index is 342. The standard InChI is InChI=1S/C13H19Cl2NO/c1-10(2)9-17-7-6-16-8-11-4-3-5-12(14)13(11)15/h3-5,10,16H,6-9H2,1-2H3. The predicted molar refractivity (Wildman–Crippen MR) is 73.8 cm³/mol. The Morgan fingerprint density at radius 2 is 2.06 bits per heavy atom. The number of benzene rings is 1. The zero-order valence-corrected chi connectivity index (χ0v) is 11.8. The Balaban J connectivity index is 2.20. The lowest BCUT2D eigenvalue weighted by Crippen LogP contribution is -2.20. The fourth-order valence-corrected chi connectivity index (χ4v) is 1.76. The summed E-state index contributed by atoms with van der Waals surface area (Å²) in [5.74, 6) is 0.581. The normalized spacial score (nSPS) is 11.1. The number of ether oxygens (including phenoxy) is 1. The first-order valence-electron chi connectivity index (χ1n) is 5.82. The third kappa shape index (κ3) is 5.73. The van der Waals surface area contributed by atoms with Gasteiger partial charge in [0, 0.05) is 19.7 Å². The molecule has 0 atom stereocenters. The lowest BCUT2D eigenvalue weighted by Gasteiger charge is -2.09. The van der Waals surface area contributed by atoms with Gasteiger partial charge in [-0.2, -0.15) is 0 Å². The molecule has 0 saturated carbocycles. The second kappa shape index (κ2) is 7.93. The topological polar surface area (TPSA) is 21.3 Å². The molecule has 0 aliphatic rings. The molecule has 0 unspecified atom stereocenters. The molecule has 2 nitrogen and oxygen atoms in total. The van der Waals surface area contributed by atoms with E-state index in [4.69, 9.17) is 27.9 Å². The Kier molecular flexibility index (Phi) is 6.90. The molecule has 1 rings (SSSR count). The van der Waals surface area contributed by atoms with E-state index in [1.54, 1.807) is 6.07 Å². The second-order valence-electron chi connectivity index (χ2n) is 4.36. The summed E-state index contributed by atoms with van der Waals surface area (Å²) in [6, 6.07) is 5.66. The van der Waals surface area contributed by atoms with Crippen molar-refractivity contribution >= 4 is 23.2 Å². The number of halogens is 2. The number of rotatable bonds is 7. The highest BCUT2D eigenvalue weighted by Gasteiger charge is 2.03. The van der Waals surface area contributed by atoms with Crippen LogP contribution in [0.2, 0.25) is 10.0 Å². The molecule has 1 aromatic carbocycles. The van der Waals surface area contributed by atoms with Gasteiger partial charge in [0.1, 0.15) is 0 Å². The van der Waals surface area contributed by atoms with Gasteiger partial charge in [0.05, 0.1) is 16.7 Å². The lowest BCUT2D eigenvalue weighted by molar-refractivity contribution is 0.111. The SMILES string of the molecule is CC(C)COCCNCc1cccc(Cl)c1Cl. The maximum Gasteiger partial charge on any atom is 0.0637 e. The Hall–Kier alpha value is -0.280. The van der Waals surface area contributed by atoms with Crippen LogP contribution in [0.4, 0.5) is 0 Å². The summed E-state index contributed by atoms with van der Waals surface area (Å²) in [5, 5.41) is 4.50. The first kappa shape index (κ1) is 14.8. The molecule has 0 aliphatic carbocycles. The van der Waals surface area contributed by atoms with Crippen LogP contribution < -0.4 is 5.32 Å². The van der Waals surface area contributed by atoms with Crippen molar-refractivity contribution in [1.29, 1.82) is 0 Å². The summed E-state index contributed by atoms with van der Waals surface area (Å²) in [6.45, 7) is 7.33. The molecule has 4 heteroatoms. The molecule has 0 aliphatic heterocycles. The molecule has 0 amide bonds. The van der Waals surface area contributed by atoms with Crippen LogP contribution in [-0.2, 0) is 11.3 Å². The van der Waals surface area contributed by atoms with Crippen molar-refractivity contribution in [2.24, 2.45) is 5.92 Å². The van der Waals surface area contributed by atoms with Gasteiger partial charge in [-0.25, -0.2) is 0 Å². The van der Waals surface area contributed by atoms with Gasteiger partial charge in [0.15, 0.2) is 0 Å². The van der Waals surface area contributed by atoms with Gasteiger partial charge in [-0.05, 0) is 17.5 Å². The highest BCUT2D eigenvalue weighted by molar-refractivity contribution is 6.42. The fraction of sp³-hybridized carbons (Fsp3) is 0.538. The summed E-state index contributed by atoms with van der Waals surface area (Å²) in [5.41, 5.74) is 1.02. The molecule has 1 aromatic rings. The maximum absolute atomic E-state index is 6.07. The highest BCUT2D eigenvalue weighted by atomic mass is 35.5. The molecular weight excluding hydrogens is 257 g/mol. The first-order chi connectivity index (χ1) is 8.11. The van der Waals surface area contributed by atoms with Crippen molar-refractivity contribution in [3.8, 4) is 0 Å². The van der Waals surface area contributed by atoms with Gasteiger partial charge >= 0.3 is 0 Å². The molecule has 0 spiro atoms. The van der Waals surface area contributed by atoms with Crippen LogP contribution in [0.3, 0.4) is 0 Å². The van der Waals surface area contributed by atoms with Crippen LogP contribution >= 0.6 is 23.2 Å². The van der Waals surface area contributed by atoms with E-state index in [0.717, 1.165) is 25.3 Å². The van der Waals surface area contributed by atoms with E-state index in [1.165, 1.54) is 0 Å². The first-order valence-corrected chi connectivity index (χ1v) is 6.58. The minimum absolute atomic E-state index is 0.581. The molecule has 0 bridgehead atoms. The molecule has 17 heavy (non-hydrogen) atoms. The van der Waals surface area contributed by atoms with Crippen molar-refractivity contribution in [3.05, 3.63) is 33.8 Å². The van der Waals surface area contributed by atoms with Gasteiger partial charge in [0.25, 0.3) is 0 Å². The minimum Gasteiger partial charge on any atom is -0.380 e. The van der Waals surface area contributed by atoms with Gasteiger partial charge < -0.3 is 10.1 Å². The van der Waals surface area contributed by atoms with E-state index < -0.39 is 0 Å². The Morgan fingerprint density at radius 3 is 2.76 bits per heavy atom. The van der Waals surface area contributed by atoms with E-state index in [2.05, 4.69) is 19.2 Å². The lowest BCUT2D eigenvalue weighted by atomic mass is 10.2. The average Bonchev–Trinajstić information content (AvgIpc) is 2.28. The molecule has 0 heterocycles. The smallest absolute Gasteiger partial charge is 0.0637 e. The van der Waals surface area contributed by atoms with E-state index in [0.29, 0.717) is 22.5 Å². The van der Waals surface area contributed by atoms with E-state index in [-0.39, 0.29) is 0 Å². The van der Waals surface area contributed by atoms with Crippen LogP contribution in [-0.4, -0.2) is 19.8 Å². The monoisotopic (exact) mass is 275 g/mol.